The van der Waals surface area contributed by atoms with Crippen LogP contribution in [-0.4, -0.2) is 46.9 Å². The average Bonchev–Trinajstić information content (AvgIpc) is 2.19. The van der Waals surface area contributed by atoms with Crippen LogP contribution in [0.1, 0.15) is 12.8 Å². The maximum absolute atomic E-state index is 10.9. The van der Waals surface area contributed by atoms with Gasteiger partial charge in [-0.25, -0.2) is 9.59 Å². The lowest BCUT2D eigenvalue weighted by Crippen LogP contribution is -2.27. The summed E-state index contributed by atoms with van der Waals surface area (Å²) in [6.45, 7) is -0.103. The minimum absolute atomic E-state index is 0.0707. The maximum Gasteiger partial charge on any atom is 0.331 e. The van der Waals surface area contributed by atoms with Gasteiger partial charge < -0.3 is 24.8 Å². The fourth-order valence-electron chi connectivity index (χ4n) is 0.734. The number of aliphatic hydroxyl groups is 3. The van der Waals surface area contributed by atoms with Crippen LogP contribution in [0.15, 0.2) is 12.2 Å². The molecule has 0 bridgehead atoms. The lowest BCUT2D eigenvalue weighted by Gasteiger charge is -2.12. The molecular weight excluding hydrogens is 220 g/mol. The highest BCUT2D eigenvalue weighted by atomic mass is 16.7. The topological polar surface area (TPSA) is 113 Å². The minimum atomic E-state index is -2.76. The second-order valence-corrected chi connectivity index (χ2v) is 2.90. The van der Waals surface area contributed by atoms with Crippen molar-refractivity contribution in [3.05, 3.63) is 12.2 Å². The highest BCUT2D eigenvalue weighted by Gasteiger charge is 2.17. The van der Waals surface area contributed by atoms with Crippen LogP contribution >= 0.6 is 0 Å². The number of carbonyl (C=O) groups is 2. The Hall–Kier alpha value is -1.44. The van der Waals surface area contributed by atoms with Crippen LogP contribution in [0.2, 0.25) is 0 Å². The predicted octanol–water partition coefficient (Wildman–Crippen LogP) is -1.33. The van der Waals surface area contributed by atoms with Crippen molar-refractivity contribution in [2.24, 2.45) is 0 Å². The van der Waals surface area contributed by atoms with E-state index in [0.29, 0.717) is 0 Å². The molecule has 16 heavy (non-hydrogen) atoms. The van der Waals surface area contributed by atoms with Gasteiger partial charge in [-0.05, 0) is 6.42 Å². The Morgan fingerprint density at radius 2 is 1.75 bits per heavy atom. The number of rotatable bonds is 6. The second kappa shape index (κ2) is 6.94. The molecule has 0 rings (SSSR count). The zero-order valence-electron chi connectivity index (χ0n) is 8.75. The van der Waals surface area contributed by atoms with Crippen molar-refractivity contribution in [1.82, 2.24) is 0 Å². The van der Waals surface area contributed by atoms with E-state index in [4.69, 9.17) is 15.3 Å². The standard InChI is InChI=1S/C9H14O7/c1-15-7(10)3-4-8(11)16-6-2-5-9(12,13)14/h3-4,12-14H,2,5-6H2,1H3/b4-3-. The molecule has 0 heterocycles. The molecule has 0 aromatic carbocycles. The molecule has 0 aromatic heterocycles. The molecule has 0 fully saturated rings. The monoisotopic (exact) mass is 234 g/mol. The van der Waals surface area contributed by atoms with Crippen LogP contribution in [0.25, 0.3) is 0 Å². The molecule has 0 unspecified atom stereocenters. The smallest absolute Gasteiger partial charge is 0.331 e. The molecule has 0 aliphatic heterocycles. The molecule has 0 spiro atoms. The lowest BCUT2D eigenvalue weighted by molar-refractivity contribution is -0.315. The molecule has 7 heteroatoms. The highest BCUT2D eigenvalue weighted by Crippen LogP contribution is 2.03. The maximum atomic E-state index is 10.9. The Morgan fingerprint density at radius 1 is 1.19 bits per heavy atom. The SMILES string of the molecule is COC(=O)/C=C\C(=O)OCCCC(O)(O)O. The van der Waals surface area contributed by atoms with E-state index < -0.39 is 17.9 Å². The summed E-state index contributed by atoms with van der Waals surface area (Å²) < 4.78 is 8.80. The third kappa shape index (κ3) is 9.13. The normalized spacial score (nSPS) is 11.5. The van der Waals surface area contributed by atoms with E-state index in [-0.39, 0.29) is 19.4 Å². The van der Waals surface area contributed by atoms with Crippen LogP contribution in [0.4, 0.5) is 0 Å². The molecule has 7 nitrogen and oxygen atoms in total. The molecule has 0 aliphatic rings. The zero-order valence-corrected chi connectivity index (χ0v) is 8.75. The van der Waals surface area contributed by atoms with E-state index in [1.165, 1.54) is 7.11 Å². The molecular formula is C9H14O7. The second-order valence-electron chi connectivity index (χ2n) is 2.90. The Bertz CT molecular complexity index is 264. The number of hydrogen-bond donors (Lipinski definition) is 3. The molecule has 0 amide bonds. The minimum Gasteiger partial charge on any atom is -0.466 e. The summed E-state index contributed by atoms with van der Waals surface area (Å²) in [5.74, 6) is -4.20. The van der Waals surface area contributed by atoms with Crippen LogP contribution < -0.4 is 0 Å². The predicted molar refractivity (Wildman–Crippen MR) is 50.7 cm³/mol. The first kappa shape index (κ1) is 14.6. The van der Waals surface area contributed by atoms with Crippen molar-refractivity contribution < 1.29 is 34.4 Å². The fourth-order valence-corrected chi connectivity index (χ4v) is 0.734. The molecule has 0 radical (unpaired) electrons. The van der Waals surface area contributed by atoms with E-state index in [0.717, 1.165) is 12.2 Å². The number of hydrogen-bond acceptors (Lipinski definition) is 7. The first-order chi connectivity index (χ1) is 7.35. The Morgan fingerprint density at radius 3 is 2.25 bits per heavy atom. The Kier molecular flexibility index (Phi) is 6.31. The van der Waals surface area contributed by atoms with Crippen LogP contribution in [0.5, 0.6) is 0 Å². The zero-order chi connectivity index (χ0) is 12.6. The Balaban J connectivity index is 3.67. The molecule has 0 saturated heterocycles. The summed E-state index contributed by atoms with van der Waals surface area (Å²) in [6.07, 6.45) is 1.51. The van der Waals surface area contributed by atoms with Crippen molar-refractivity contribution >= 4 is 11.9 Å². The molecule has 0 aliphatic carbocycles. The van der Waals surface area contributed by atoms with Crippen molar-refractivity contribution in [2.75, 3.05) is 13.7 Å². The average molecular weight is 234 g/mol. The number of methoxy groups -OCH3 is 1. The summed E-state index contributed by atoms with van der Waals surface area (Å²) in [5, 5.41) is 25.5. The van der Waals surface area contributed by atoms with Crippen LogP contribution in [0, 0.1) is 0 Å². The van der Waals surface area contributed by atoms with Gasteiger partial charge in [-0.1, -0.05) is 0 Å². The van der Waals surface area contributed by atoms with E-state index >= 15 is 0 Å². The van der Waals surface area contributed by atoms with Gasteiger partial charge in [0, 0.05) is 18.6 Å². The third-order valence-corrected chi connectivity index (χ3v) is 1.46. The van der Waals surface area contributed by atoms with Crippen molar-refractivity contribution in [3.63, 3.8) is 0 Å². The Labute approximate surface area is 91.9 Å². The summed E-state index contributed by atoms with van der Waals surface area (Å²) in [7, 11) is 1.17. The number of ether oxygens (including phenoxy) is 2. The van der Waals surface area contributed by atoms with Gasteiger partial charge >= 0.3 is 11.9 Å². The third-order valence-electron chi connectivity index (χ3n) is 1.46. The largest absolute Gasteiger partial charge is 0.466 e. The van der Waals surface area contributed by atoms with Crippen molar-refractivity contribution in [2.45, 2.75) is 18.8 Å². The van der Waals surface area contributed by atoms with E-state index in [2.05, 4.69) is 9.47 Å². The summed E-state index contributed by atoms with van der Waals surface area (Å²) in [6, 6.07) is 0. The fraction of sp³-hybridized carbons (Fsp3) is 0.556. The molecule has 0 aromatic rings. The van der Waals surface area contributed by atoms with Crippen molar-refractivity contribution in [1.29, 1.82) is 0 Å². The number of carbonyl (C=O) groups excluding carboxylic acids is 2. The molecule has 0 atom stereocenters. The summed E-state index contributed by atoms with van der Waals surface area (Å²) in [4.78, 5) is 21.4. The van der Waals surface area contributed by atoms with E-state index in [9.17, 15) is 9.59 Å². The highest BCUT2D eigenvalue weighted by molar-refractivity contribution is 5.91. The van der Waals surface area contributed by atoms with E-state index in [1.54, 1.807) is 0 Å². The molecule has 0 saturated carbocycles. The quantitative estimate of drug-likeness (QED) is 0.226. The summed E-state index contributed by atoms with van der Waals surface area (Å²) >= 11 is 0. The van der Waals surface area contributed by atoms with Gasteiger partial charge in [0.1, 0.15) is 0 Å². The van der Waals surface area contributed by atoms with Gasteiger partial charge in [0.15, 0.2) is 0 Å². The lowest BCUT2D eigenvalue weighted by atomic mass is 10.3. The van der Waals surface area contributed by atoms with Gasteiger partial charge in [-0.2, -0.15) is 0 Å². The van der Waals surface area contributed by atoms with Gasteiger partial charge in [-0.15, -0.1) is 0 Å². The van der Waals surface area contributed by atoms with Gasteiger partial charge in [-0.3, -0.25) is 0 Å². The van der Waals surface area contributed by atoms with Gasteiger partial charge in [0.05, 0.1) is 13.7 Å². The first-order valence-electron chi connectivity index (χ1n) is 4.45. The number of esters is 2. The van der Waals surface area contributed by atoms with Crippen LogP contribution in [-0.2, 0) is 19.1 Å². The van der Waals surface area contributed by atoms with E-state index in [1.807, 2.05) is 0 Å². The van der Waals surface area contributed by atoms with Crippen molar-refractivity contribution in [3.8, 4) is 0 Å². The van der Waals surface area contributed by atoms with Gasteiger partial charge in [0.2, 0.25) is 0 Å². The molecule has 92 valence electrons. The molecule has 3 N–H and O–H groups in total. The van der Waals surface area contributed by atoms with Crippen LogP contribution in [0.3, 0.4) is 0 Å². The van der Waals surface area contributed by atoms with Gasteiger partial charge in [0.25, 0.3) is 5.97 Å². The summed E-state index contributed by atoms with van der Waals surface area (Å²) in [5.41, 5.74) is 0. The first-order valence-corrected chi connectivity index (χ1v) is 4.45.